The van der Waals surface area contributed by atoms with Crippen LogP contribution in [-0.4, -0.2) is 5.91 Å². The number of carbonyl (C=O) groups is 1. The van der Waals surface area contributed by atoms with Crippen molar-refractivity contribution < 1.29 is 9.21 Å². The first-order chi connectivity index (χ1) is 9.88. The van der Waals surface area contributed by atoms with Gasteiger partial charge < -0.3 is 9.73 Å². The predicted molar refractivity (Wildman–Crippen MR) is 84.9 cm³/mol. The van der Waals surface area contributed by atoms with Crippen LogP contribution in [0.25, 0.3) is 0 Å². The van der Waals surface area contributed by atoms with Crippen LogP contribution in [0.4, 0.5) is 0 Å². The van der Waals surface area contributed by atoms with Gasteiger partial charge >= 0.3 is 0 Å². The van der Waals surface area contributed by atoms with Crippen LogP contribution in [0.1, 0.15) is 57.1 Å². The van der Waals surface area contributed by atoms with Crippen molar-refractivity contribution in [3.05, 3.63) is 23.2 Å². The maximum absolute atomic E-state index is 12.6. The van der Waals surface area contributed by atoms with Crippen molar-refractivity contribution in [1.82, 2.24) is 5.32 Å². The van der Waals surface area contributed by atoms with Gasteiger partial charge in [-0.1, -0.05) is 27.2 Å². The summed E-state index contributed by atoms with van der Waals surface area (Å²) in [4.78, 5) is 12.6. The quantitative estimate of drug-likeness (QED) is 0.902. The fraction of sp³-hybridized carbons (Fsp3) is 0.722. The summed E-state index contributed by atoms with van der Waals surface area (Å²) in [5.74, 6) is 3.96. The smallest absolute Gasteiger partial charge is 0.223 e. The van der Waals surface area contributed by atoms with Gasteiger partial charge in [0.2, 0.25) is 5.91 Å². The van der Waals surface area contributed by atoms with Gasteiger partial charge in [-0.2, -0.15) is 0 Å². The molecule has 0 spiro atoms. The molecular weight excluding hydrogens is 262 g/mol. The zero-order valence-electron chi connectivity index (χ0n) is 14.0. The van der Waals surface area contributed by atoms with Crippen LogP contribution >= 0.6 is 0 Å². The molecular formula is C18H29NO2. The van der Waals surface area contributed by atoms with E-state index in [1.807, 2.05) is 19.9 Å². The summed E-state index contributed by atoms with van der Waals surface area (Å²) in [5, 5.41) is 3.13. The first-order valence-electron chi connectivity index (χ1n) is 8.22. The first-order valence-corrected chi connectivity index (χ1v) is 8.22. The van der Waals surface area contributed by atoms with E-state index in [9.17, 15) is 4.79 Å². The molecule has 1 amide bonds. The third-order valence-corrected chi connectivity index (χ3v) is 4.96. The van der Waals surface area contributed by atoms with Gasteiger partial charge in [0.1, 0.15) is 11.5 Å². The molecule has 0 radical (unpaired) electrons. The Morgan fingerprint density at radius 2 is 2.10 bits per heavy atom. The zero-order chi connectivity index (χ0) is 15.6. The highest BCUT2D eigenvalue weighted by molar-refractivity contribution is 5.79. The second-order valence-electron chi connectivity index (χ2n) is 7.09. The molecule has 1 fully saturated rings. The number of rotatable bonds is 4. The van der Waals surface area contributed by atoms with Crippen molar-refractivity contribution in [2.45, 2.75) is 60.4 Å². The Balaban J connectivity index is 1.98. The number of amides is 1. The lowest BCUT2D eigenvalue weighted by atomic mass is 9.70. The fourth-order valence-electron chi connectivity index (χ4n) is 3.68. The maximum atomic E-state index is 12.6. The molecule has 3 heteroatoms. The van der Waals surface area contributed by atoms with E-state index >= 15 is 0 Å². The van der Waals surface area contributed by atoms with Gasteiger partial charge in [-0.15, -0.1) is 0 Å². The van der Waals surface area contributed by atoms with Crippen LogP contribution in [0.2, 0.25) is 0 Å². The minimum Gasteiger partial charge on any atom is -0.466 e. The third kappa shape index (κ3) is 3.90. The average Bonchev–Trinajstić information content (AvgIpc) is 2.73. The number of aryl methyl sites for hydroxylation is 2. The van der Waals surface area contributed by atoms with Crippen LogP contribution in [0.15, 0.2) is 10.5 Å². The lowest BCUT2D eigenvalue weighted by molar-refractivity contribution is -0.129. The summed E-state index contributed by atoms with van der Waals surface area (Å²) >= 11 is 0. The van der Waals surface area contributed by atoms with Crippen LogP contribution in [-0.2, 0) is 11.3 Å². The lowest BCUT2D eigenvalue weighted by Crippen LogP contribution is -2.40. The normalized spacial score (nSPS) is 26.1. The highest BCUT2D eigenvalue weighted by Gasteiger charge is 2.35. The second kappa shape index (κ2) is 6.67. The van der Waals surface area contributed by atoms with E-state index in [-0.39, 0.29) is 11.8 Å². The number of carbonyl (C=O) groups excluding carboxylic acids is 1. The summed E-state index contributed by atoms with van der Waals surface area (Å²) in [7, 11) is 0. The molecule has 0 bridgehead atoms. The summed E-state index contributed by atoms with van der Waals surface area (Å²) < 4.78 is 5.52. The van der Waals surface area contributed by atoms with E-state index in [2.05, 4.69) is 26.1 Å². The third-order valence-electron chi connectivity index (χ3n) is 4.96. The Morgan fingerprint density at radius 3 is 2.67 bits per heavy atom. The van der Waals surface area contributed by atoms with Crippen LogP contribution < -0.4 is 5.32 Å². The molecule has 3 nitrogen and oxygen atoms in total. The van der Waals surface area contributed by atoms with Gasteiger partial charge in [0, 0.05) is 18.0 Å². The van der Waals surface area contributed by atoms with Crippen LogP contribution in [0.5, 0.6) is 0 Å². The van der Waals surface area contributed by atoms with Gasteiger partial charge in [0.15, 0.2) is 0 Å². The summed E-state index contributed by atoms with van der Waals surface area (Å²) in [6.45, 7) is 11.2. The number of nitrogens with one attached hydrogen (secondary N) is 1. The monoisotopic (exact) mass is 291 g/mol. The Bertz CT molecular complexity index is 489. The number of furan rings is 1. The Labute approximate surface area is 128 Å². The molecule has 1 aliphatic rings. The summed E-state index contributed by atoms with van der Waals surface area (Å²) in [6.07, 6.45) is 3.46. The van der Waals surface area contributed by atoms with Crippen molar-refractivity contribution >= 4 is 5.91 Å². The molecule has 0 saturated heterocycles. The lowest BCUT2D eigenvalue weighted by Gasteiger charge is -2.36. The van der Waals surface area contributed by atoms with E-state index in [0.29, 0.717) is 24.3 Å². The predicted octanol–water partition coefficient (Wildman–Crippen LogP) is 4.22. The molecule has 1 aliphatic carbocycles. The van der Waals surface area contributed by atoms with Crippen molar-refractivity contribution in [2.24, 2.45) is 23.7 Å². The maximum Gasteiger partial charge on any atom is 0.223 e. The van der Waals surface area contributed by atoms with E-state index < -0.39 is 0 Å². The van der Waals surface area contributed by atoms with Gasteiger partial charge in [-0.25, -0.2) is 0 Å². The molecule has 1 aromatic rings. The minimum absolute atomic E-state index is 0.169. The Morgan fingerprint density at radius 1 is 1.38 bits per heavy atom. The topological polar surface area (TPSA) is 42.2 Å². The summed E-state index contributed by atoms with van der Waals surface area (Å²) in [6, 6.07) is 2.01. The highest BCUT2D eigenvalue weighted by Crippen LogP contribution is 2.38. The van der Waals surface area contributed by atoms with Gasteiger partial charge in [0.25, 0.3) is 0 Å². The standard InChI is InChI=1S/C18H29NO2/c1-11(2)16-7-6-12(3)8-17(16)18(20)19-10-15-9-13(4)21-14(15)5/h9,11-12,16-17H,6-8,10H2,1-5H3,(H,19,20)/t12-,16+,17-/m1/s1. The molecule has 2 rings (SSSR count). The van der Waals surface area contributed by atoms with E-state index in [0.717, 1.165) is 23.5 Å². The number of hydrogen-bond donors (Lipinski definition) is 1. The molecule has 118 valence electrons. The fourth-order valence-corrected chi connectivity index (χ4v) is 3.68. The summed E-state index contributed by atoms with van der Waals surface area (Å²) in [5.41, 5.74) is 1.09. The molecule has 0 aliphatic heterocycles. The number of hydrogen-bond acceptors (Lipinski definition) is 2. The molecule has 1 aromatic heterocycles. The van der Waals surface area contributed by atoms with Gasteiger partial charge in [-0.05, 0) is 50.5 Å². The second-order valence-corrected chi connectivity index (χ2v) is 7.09. The Hall–Kier alpha value is -1.25. The van der Waals surface area contributed by atoms with Crippen molar-refractivity contribution in [3.8, 4) is 0 Å². The van der Waals surface area contributed by atoms with E-state index in [1.165, 1.54) is 12.8 Å². The van der Waals surface area contributed by atoms with Crippen molar-refractivity contribution in [2.75, 3.05) is 0 Å². The molecule has 0 aromatic carbocycles. The van der Waals surface area contributed by atoms with Crippen LogP contribution in [0.3, 0.4) is 0 Å². The van der Waals surface area contributed by atoms with E-state index in [4.69, 9.17) is 4.42 Å². The molecule has 1 saturated carbocycles. The molecule has 1 N–H and O–H groups in total. The molecule has 1 heterocycles. The van der Waals surface area contributed by atoms with Crippen LogP contribution in [0, 0.1) is 37.5 Å². The average molecular weight is 291 g/mol. The van der Waals surface area contributed by atoms with Gasteiger partial charge in [0.05, 0.1) is 0 Å². The van der Waals surface area contributed by atoms with Crippen molar-refractivity contribution in [3.63, 3.8) is 0 Å². The molecule has 3 atom stereocenters. The van der Waals surface area contributed by atoms with E-state index in [1.54, 1.807) is 0 Å². The first kappa shape index (κ1) is 16.1. The SMILES string of the molecule is Cc1cc(CNC(=O)[C@@H]2C[C@H](C)CC[C@H]2C(C)C)c(C)o1. The minimum atomic E-state index is 0.169. The zero-order valence-corrected chi connectivity index (χ0v) is 14.0. The molecule has 0 unspecified atom stereocenters. The highest BCUT2D eigenvalue weighted by atomic mass is 16.3. The van der Waals surface area contributed by atoms with Crippen molar-refractivity contribution in [1.29, 1.82) is 0 Å². The largest absolute Gasteiger partial charge is 0.466 e. The molecule has 21 heavy (non-hydrogen) atoms. The Kier molecular flexibility index (Phi) is 5.13. The van der Waals surface area contributed by atoms with Gasteiger partial charge in [-0.3, -0.25) is 4.79 Å².